The molecule has 0 atom stereocenters. The molecule has 1 heterocycles. The maximum absolute atomic E-state index is 12.5. The van der Waals surface area contributed by atoms with E-state index in [1.165, 1.54) is 0 Å². The van der Waals surface area contributed by atoms with Gasteiger partial charge in [-0.3, -0.25) is 0 Å². The van der Waals surface area contributed by atoms with Gasteiger partial charge >= 0.3 is 0 Å². The van der Waals surface area contributed by atoms with Crippen LogP contribution in [0.25, 0.3) is 0 Å². The molecule has 0 radical (unpaired) electrons. The van der Waals surface area contributed by atoms with E-state index in [1.807, 2.05) is 56.4 Å². The highest BCUT2D eigenvalue weighted by atomic mass is 32.2. The van der Waals surface area contributed by atoms with Gasteiger partial charge in [-0.25, -0.2) is 8.42 Å². The molecule has 1 aliphatic rings. The molecule has 0 fully saturated rings. The Balaban J connectivity index is 2.18. The van der Waals surface area contributed by atoms with Crippen LogP contribution < -0.4 is 5.32 Å². The second-order valence-corrected chi connectivity index (χ2v) is 6.92. The summed E-state index contributed by atoms with van der Waals surface area (Å²) in [5.74, 6) is 0.110. The predicted molar refractivity (Wildman–Crippen MR) is 82.1 cm³/mol. The highest BCUT2D eigenvalue weighted by Gasteiger charge is 2.19. The summed E-state index contributed by atoms with van der Waals surface area (Å²) < 4.78 is 25.0. The third-order valence-corrected chi connectivity index (χ3v) is 5.25. The van der Waals surface area contributed by atoms with Gasteiger partial charge in [-0.15, -0.1) is 0 Å². The highest BCUT2D eigenvalue weighted by molar-refractivity contribution is 7.91. The van der Waals surface area contributed by atoms with Crippen LogP contribution >= 0.6 is 0 Å². The molecule has 1 N–H and O–H groups in total. The second-order valence-electron chi connectivity index (χ2n) is 4.87. The Morgan fingerprint density at radius 1 is 1.05 bits per heavy atom. The normalized spacial score (nSPS) is 14.6. The van der Waals surface area contributed by atoms with E-state index in [0.717, 1.165) is 16.8 Å². The smallest absolute Gasteiger partial charge is 0.179 e. The summed E-state index contributed by atoms with van der Waals surface area (Å²) in [6.45, 7) is 3.68. The van der Waals surface area contributed by atoms with Crippen LogP contribution in [0.5, 0.6) is 0 Å². The van der Waals surface area contributed by atoms with Gasteiger partial charge < -0.3 is 5.32 Å². The van der Waals surface area contributed by atoms with Crippen molar-refractivity contribution in [2.45, 2.75) is 25.2 Å². The Hall–Kier alpha value is -1.81. The summed E-state index contributed by atoms with van der Waals surface area (Å²) in [7, 11) is -3.26. The predicted octanol–water partition coefficient (Wildman–Crippen LogP) is 3.02. The minimum absolute atomic E-state index is 0.110. The summed E-state index contributed by atoms with van der Waals surface area (Å²) >= 11 is 0. The van der Waals surface area contributed by atoms with Crippen molar-refractivity contribution in [1.82, 2.24) is 5.32 Å². The quantitative estimate of drug-likeness (QED) is 0.926. The number of sulfone groups is 1. The lowest BCUT2D eigenvalue weighted by Crippen LogP contribution is -2.14. The standard InChI is InChI=1S/C16H19NO2S/c1-13-7-6-8-14(2)16(13)20(18,19)12-10-15-9-4-3-5-11-17-15/h3-9,11,17H,10,12H2,1-2H3. The van der Waals surface area contributed by atoms with E-state index in [0.29, 0.717) is 11.3 Å². The van der Waals surface area contributed by atoms with Crippen molar-refractivity contribution in [2.24, 2.45) is 0 Å². The number of benzene rings is 1. The summed E-state index contributed by atoms with van der Waals surface area (Å²) in [5, 5.41) is 3.09. The Kier molecular flexibility index (Phi) is 4.45. The molecule has 3 nitrogen and oxygen atoms in total. The van der Waals surface area contributed by atoms with Crippen LogP contribution in [0.2, 0.25) is 0 Å². The number of allylic oxidation sites excluding steroid dienone is 5. The fourth-order valence-electron chi connectivity index (χ4n) is 2.29. The largest absolute Gasteiger partial charge is 0.365 e. The third kappa shape index (κ3) is 3.39. The average Bonchev–Trinajstić information content (AvgIpc) is 2.64. The first-order chi connectivity index (χ1) is 9.50. The van der Waals surface area contributed by atoms with E-state index in [1.54, 1.807) is 6.20 Å². The van der Waals surface area contributed by atoms with Gasteiger partial charge in [-0.2, -0.15) is 0 Å². The zero-order chi connectivity index (χ0) is 14.6. The minimum atomic E-state index is -3.26. The molecule has 0 bridgehead atoms. The molecule has 0 aromatic heterocycles. The number of aryl methyl sites for hydroxylation is 2. The van der Waals surface area contributed by atoms with Crippen molar-refractivity contribution < 1.29 is 8.42 Å². The lowest BCUT2D eigenvalue weighted by Gasteiger charge is -2.12. The van der Waals surface area contributed by atoms with Gasteiger partial charge in [0.05, 0.1) is 10.6 Å². The molecule has 4 heteroatoms. The first-order valence-electron chi connectivity index (χ1n) is 6.58. The highest BCUT2D eigenvalue weighted by Crippen LogP contribution is 2.22. The van der Waals surface area contributed by atoms with E-state index in [2.05, 4.69) is 5.32 Å². The van der Waals surface area contributed by atoms with Crippen molar-refractivity contribution in [3.05, 3.63) is 65.5 Å². The molecule has 2 rings (SSSR count). The Morgan fingerprint density at radius 3 is 2.45 bits per heavy atom. The zero-order valence-electron chi connectivity index (χ0n) is 11.8. The molecule has 0 amide bonds. The Labute approximate surface area is 120 Å². The number of hydrogen-bond acceptors (Lipinski definition) is 3. The molecule has 0 saturated heterocycles. The topological polar surface area (TPSA) is 46.2 Å². The summed E-state index contributed by atoms with van der Waals surface area (Å²) in [5.41, 5.74) is 2.53. The van der Waals surface area contributed by atoms with Gasteiger partial charge in [0.2, 0.25) is 0 Å². The van der Waals surface area contributed by atoms with Crippen molar-refractivity contribution in [1.29, 1.82) is 0 Å². The maximum atomic E-state index is 12.5. The fourth-order valence-corrected chi connectivity index (χ4v) is 4.10. The third-order valence-electron chi connectivity index (χ3n) is 3.24. The molecule has 106 valence electrons. The van der Waals surface area contributed by atoms with Crippen LogP contribution in [0.15, 0.2) is 59.3 Å². The maximum Gasteiger partial charge on any atom is 0.179 e. The van der Waals surface area contributed by atoms with Gasteiger partial charge in [-0.05, 0) is 37.1 Å². The van der Waals surface area contributed by atoms with Crippen molar-refractivity contribution >= 4 is 9.84 Å². The van der Waals surface area contributed by atoms with Gasteiger partial charge in [-0.1, -0.05) is 30.4 Å². The first kappa shape index (κ1) is 14.6. The van der Waals surface area contributed by atoms with E-state index in [9.17, 15) is 8.42 Å². The number of hydrogen-bond donors (Lipinski definition) is 1. The number of rotatable bonds is 4. The van der Waals surface area contributed by atoms with Crippen molar-refractivity contribution in [3.63, 3.8) is 0 Å². The minimum Gasteiger partial charge on any atom is -0.365 e. The van der Waals surface area contributed by atoms with E-state index in [-0.39, 0.29) is 5.75 Å². The van der Waals surface area contributed by atoms with Gasteiger partial charge in [0, 0.05) is 18.3 Å². The zero-order valence-corrected chi connectivity index (χ0v) is 12.6. The summed E-state index contributed by atoms with van der Waals surface area (Å²) in [4.78, 5) is 0.473. The van der Waals surface area contributed by atoms with Crippen LogP contribution in [0.1, 0.15) is 17.5 Å². The van der Waals surface area contributed by atoms with Gasteiger partial charge in [0.1, 0.15) is 0 Å². The second kappa shape index (κ2) is 6.09. The van der Waals surface area contributed by atoms with Crippen molar-refractivity contribution in [2.75, 3.05) is 5.75 Å². The molecule has 0 saturated carbocycles. The average molecular weight is 289 g/mol. The molecule has 0 unspecified atom stereocenters. The Bertz CT molecular complexity index is 662. The van der Waals surface area contributed by atoms with Crippen LogP contribution in [-0.4, -0.2) is 14.2 Å². The summed E-state index contributed by atoms with van der Waals surface area (Å²) in [6, 6.07) is 5.57. The van der Waals surface area contributed by atoms with Crippen LogP contribution in [0, 0.1) is 13.8 Å². The molecule has 0 aliphatic carbocycles. The van der Waals surface area contributed by atoms with Gasteiger partial charge in [0.25, 0.3) is 0 Å². The fraction of sp³-hybridized carbons (Fsp3) is 0.250. The molecule has 0 spiro atoms. The molecular weight excluding hydrogens is 270 g/mol. The van der Waals surface area contributed by atoms with Crippen LogP contribution in [0.3, 0.4) is 0 Å². The number of nitrogens with one attached hydrogen (secondary N) is 1. The van der Waals surface area contributed by atoms with E-state index < -0.39 is 9.84 Å². The molecule has 1 aromatic rings. The SMILES string of the molecule is Cc1cccc(C)c1S(=O)(=O)CCC1=CC=CC=CN1. The lowest BCUT2D eigenvalue weighted by atomic mass is 10.2. The first-order valence-corrected chi connectivity index (χ1v) is 8.24. The molecule has 1 aliphatic heterocycles. The van der Waals surface area contributed by atoms with Gasteiger partial charge in [0.15, 0.2) is 9.84 Å². The van der Waals surface area contributed by atoms with E-state index in [4.69, 9.17) is 0 Å². The van der Waals surface area contributed by atoms with Crippen LogP contribution in [-0.2, 0) is 9.84 Å². The molecule has 20 heavy (non-hydrogen) atoms. The van der Waals surface area contributed by atoms with E-state index >= 15 is 0 Å². The monoisotopic (exact) mass is 289 g/mol. The Morgan fingerprint density at radius 2 is 1.75 bits per heavy atom. The molecular formula is C16H19NO2S. The molecule has 1 aromatic carbocycles. The van der Waals surface area contributed by atoms with Crippen LogP contribution in [0.4, 0.5) is 0 Å². The van der Waals surface area contributed by atoms with Crippen molar-refractivity contribution in [3.8, 4) is 0 Å². The summed E-state index contributed by atoms with van der Waals surface area (Å²) in [6.07, 6.45) is 9.87. The lowest BCUT2D eigenvalue weighted by molar-refractivity contribution is 0.593.